The van der Waals surface area contributed by atoms with Gasteiger partial charge in [0.1, 0.15) is 30.1 Å². The van der Waals surface area contributed by atoms with Gasteiger partial charge in [-0.3, -0.25) is 14.9 Å². The second kappa shape index (κ2) is 17.5. The van der Waals surface area contributed by atoms with Crippen molar-refractivity contribution >= 4 is 89.2 Å². The van der Waals surface area contributed by atoms with Crippen molar-refractivity contribution in [3.05, 3.63) is 153 Å². The van der Waals surface area contributed by atoms with Gasteiger partial charge in [-0.05, 0) is 98.3 Å². The lowest BCUT2D eigenvalue weighted by atomic mass is 9.93. The summed E-state index contributed by atoms with van der Waals surface area (Å²) in [6, 6.07) is 33.8. The Morgan fingerprint density at radius 2 is 1.15 bits per heavy atom. The van der Waals surface area contributed by atoms with Crippen molar-refractivity contribution in [2.75, 3.05) is 5.73 Å². The molecule has 4 aromatic carbocycles. The van der Waals surface area contributed by atoms with Crippen LogP contribution in [0.2, 0.25) is 10.0 Å². The zero-order valence-corrected chi connectivity index (χ0v) is 40.8. The van der Waals surface area contributed by atoms with Gasteiger partial charge in [0, 0.05) is 26.7 Å². The molecular formula is C46H44Cl2N4O10S4. The van der Waals surface area contributed by atoms with Crippen LogP contribution >= 0.6 is 45.9 Å². The van der Waals surface area contributed by atoms with Crippen molar-refractivity contribution in [2.24, 2.45) is 0 Å². The maximum atomic E-state index is 13.5. The molecule has 14 nitrogen and oxygen atoms in total. The van der Waals surface area contributed by atoms with Gasteiger partial charge in [-0.15, -0.1) is 22.7 Å². The number of nitro groups is 1. The van der Waals surface area contributed by atoms with Gasteiger partial charge < -0.3 is 15.6 Å². The molecule has 0 unspecified atom stereocenters. The molecular weight excluding hydrogens is 968 g/mol. The molecule has 2 aliphatic carbocycles. The van der Waals surface area contributed by atoms with Crippen LogP contribution in [0, 0.1) is 10.1 Å². The molecule has 4 atom stereocenters. The molecule has 346 valence electrons. The SMILES string of the molecule is CC(C)(C)OC(=O)[C@]1(NS(=O)(=O)c2ccc(-c3ccc(Cl)c([N+](=O)[O-])c3)s2)C[C@]1(C)c1ccccc1.C[C@]1(c2ccccc2)C[C@@]1(NS(=O)(=O)c1ccc(-c2ccc(Cl)c(N)c2)s1)C(=O)O. The minimum absolute atomic E-state index is 0.0111. The highest BCUT2D eigenvalue weighted by Gasteiger charge is 2.73. The third-order valence-corrected chi connectivity index (χ3v) is 18.7. The number of nitro benzene ring substituents is 1. The predicted molar refractivity (Wildman–Crippen MR) is 257 cm³/mol. The monoisotopic (exact) mass is 1010 g/mol. The van der Waals surface area contributed by atoms with Crippen LogP contribution in [-0.2, 0) is 45.2 Å². The van der Waals surface area contributed by atoms with E-state index < -0.39 is 64.4 Å². The van der Waals surface area contributed by atoms with Crippen LogP contribution < -0.4 is 15.2 Å². The van der Waals surface area contributed by atoms with Crippen LogP contribution in [0.3, 0.4) is 0 Å². The lowest BCUT2D eigenvalue weighted by Crippen LogP contribution is -2.50. The van der Waals surface area contributed by atoms with Crippen molar-refractivity contribution in [1.82, 2.24) is 9.44 Å². The molecule has 0 saturated heterocycles. The number of benzene rings is 4. The van der Waals surface area contributed by atoms with E-state index in [0.29, 0.717) is 26.0 Å². The molecule has 2 aromatic heterocycles. The Kier molecular flexibility index (Phi) is 12.9. The largest absolute Gasteiger partial charge is 0.480 e. The Labute approximate surface area is 400 Å². The van der Waals surface area contributed by atoms with Crippen LogP contribution in [0.25, 0.3) is 20.9 Å². The first-order valence-corrected chi connectivity index (χ1v) is 25.5. The first-order chi connectivity index (χ1) is 30.8. The molecule has 0 spiro atoms. The Balaban J connectivity index is 0.000000199. The van der Waals surface area contributed by atoms with Gasteiger partial charge in [-0.25, -0.2) is 21.6 Å². The first kappa shape index (κ1) is 48.7. The summed E-state index contributed by atoms with van der Waals surface area (Å²) in [5, 5.41) is 21.6. The molecule has 5 N–H and O–H groups in total. The van der Waals surface area contributed by atoms with Crippen LogP contribution in [0.1, 0.15) is 58.6 Å². The molecule has 2 heterocycles. The van der Waals surface area contributed by atoms with Crippen LogP contribution in [0.5, 0.6) is 0 Å². The predicted octanol–water partition coefficient (Wildman–Crippen LogP) is 9.81. The second-order valence-electron chi connectivity index (χ2n) is 17.5. The summed E-state index contributed by atoms with van der Waals surface area (Å²) in [6.45, 7) is 8.78. The highest BCUT2D eigenvalue weighted by molar-refractivity contribution is 7.92. The van der Waals surface area contributed by atoms with E-state index in [0.717, 1.165) is 39.4 Å². The van der Waals surface area contributed by atoms with E-state index in [1.807, 2.05) is 67.6 Å². The molecule has 0 radical (unpaired) electrons. The summed E-state index contributed by atoms with van der Waals surface area (Å²) in [5.74, 6) is -1.84. The minimum Gasteiger partial charge on any atom is -0.480 e. The summed E-state index contributed by atoms with van der Waals surface area (Å²) in [6.07, 6.45) is 0.407. The number of nitrogens with one attached hydrogen (secondary N) is 2. The fourth-order valence-electron chi connectivity index (χ4n) is 7.94. The van der Waals surface area contributed by atoms with Crippen molar-refractivity contribution < 1.29 is 41.2 Å². The number of esters is 1. The quantitative estimate of drug-likeness (QED) is 0.0369. The lowest BCUT2D eigenvalue weighted by Gasteiger charge is -2.27. The standard InChI is InChI=1S/C25H25ClN2O6S2.C21H19ClN2O4S2/c1-23(2,3)34-22(29)25(15-24(25,4)17-8-6-5-7-9-17)27-36(32,33)21-13-12-20(35-21)16-10-11-18(26)19(14-16)28(30)31;1-20(14-5-3-2-4-6-14)12-21(20,19(25)26)24-30(27,28)18-10-9-17(29-18)13-7-8-15(22)16(23)11-13/h5-14,27H,15H2,1-4H3;2-11,24H,12,23H2,1H3,(H,25,26)/t24-,25-;20-,21-/m11/s1. The Morgan fingerprint density at radius 1 is 0.712 bits per heavy atom. The molecule has 0 bridgehead atoms. The zero-order chi connectivity index (χ0) is 48.3. The molecule has 0 aliphatic heterocycles. The van der Waals surface area contributed by atoms with E-state index >= 15 is 0 Å². The summed E-state index contributed by atoms with van der Waals surface area (Å²) < 4.78 is 63.9. The number of thiophene rings is 2. The molecule has 2 saturated carbocycles. The third kappa shape index (κ3) is 9.25. The molecule has 20 heteroatoms. The summed E-state index contributed by atoms with van der Waals surface area (Å²) in [4.78, 5) is 37.3. The van der Waals surface area contributed by atoms with E-state index in [1.54, 1.807) is 64.1 Å². The number of anilines is 1. The topological polar surface area (TPSA) is 225 Å². The average molecular weight is 1010 g/mol. The van der Waals surface area contributed by atoms with Gasteiger partial charge in [0.05, 0.1) is 15.6 Å². The summed E-state index contributed by atoms with van der Waals surface area (Å²) >= 11 is 13.8. The number of sulfonamides is 2. The number of nitrogens with two attached hydrogens (primary N) is 1. The molecule has 6 aromatic rings. The summed E-state index contributed by atoms with van der Waals surface area (Å²) in [5.41, 5.74) is 3.22. The second-order valence-corrected chi connectivity index (χ2v) is 24.3. The van der Waals surface area contributed by atoms with Crippen molar-refractivity contribution in [1.29, 1.82) is 0 Å². The van der Waals surface area contributed by atoms with Gasteiger partial charge in [0.2, 0.25) is 0 Å². The molecule has 0 amide bonds. The first-order valence-electron chi connectivity index (χ1n) is 20.1. The summed E-state index contributed by atoms with van der Waals surface area (Å²) in [7, 11) is -8.20. The Hall–Kier alpha value is -5.18. The van der Waals surface area contributed by atoms with E-state index in [1.165, 1.54) is 24.3 Å². The molecule has 2 fully saturated rings. The van der Waals surface area contributed by atoms with E-state index in [4.69, 9.17) is 33.7 Å². The number of hydrogen-bond acceptors (Lipinski definition) is 12. The molecule has 2 aliphatic rings. The number of carbonyl (C=O) groups excluding carboxylic acids is 1. The number of halogens is 2. The number of carboxylic acid groups (broad SMARTS) is 1. The highest BCUT2D eigenvalue weighted by atomic mass is 35.5. The zero-order valence-electron chi connectivity index (χ0n) is 36.0. The minimum atomic E-state index is -4.15. The van der Waals surface area contributed by atoms with Gasteiger partial charge in [0.25, 0.3) is 25.7 Å². The number of nitrogens with zero attached hydrogens (tertiary/aromatic N) is 1. The van der Waals surface area contributed by atoms with Crippen LogP contribution in [0.15, 0.2) is 130 Å². The number of rotatable bonds is 13. The average Bonchev–Trinajstić information content (AvgIpc) is 3.73. The maximum Gasteiger partial charge on any atom is 0.328 e. The normalized spacial score (nSPS) is 22.4. The fraction of sp³-hybridized carbons (Fsp3) is 0.261. The molecule has 8 rings (SSSR count). The highest BCUT2D eigenvalue weighted by Crippen LogP contribution is 2.60. The maximum absolute atomic E-state index is 13.5. The van der Waals surface area contributed by atoms with E-state index in [-0.39, 0.29) is 32.0 Å². The third-order valence-electron chi connectivity index (χ3n) is 11.8. The van der Waals surface area contributed by atoms with Gasteiger partial charge >= 0.3 is 11.9 Å². The Morgan fingerprint density at radius 3 is 1.61 bits per heavy atom. The van der Waals surface area contributed by atoms with Gasteiger partial charge in [0.15, 0.2) is 0 Å². The smallest absolute Gasteiger partial charge is 0.328 e. The number of ether oxygens (including phenoxy) is 1. The van der Waals surface area contributed by atoms with Crippen molar-refractivity contribution in [3.8, 4) is 20.9 Å². The van der Waals surface area contributed by atoms with E-state index in [2.05, 4.69) is 9.44 Å². The number of carboxylic acids is 1. The van der Waals surface area contributed by atoms with E-state index in [9.17, 15) is 41.6 Å². The van der Waals surface area contributed by atoms with Crippen LogP contribution in [0.4, 0.5) is 11.4 Å². The van der Waals surface area contributed by atoms with Gasteiger partial charge in [-0.1, -0.05) is 110 Å². The van der Waals surface area contributed by atoms with Gasteiger partial charge in [-0.2, -0.15) is 9.44 Å². The number of aliphatic carboxylic acids is 1. The fourth-order valence-corrected chi connectivity index (χ4v) is 13.8. The lowest BCUT2D eigenvalue weighted by molar-refractivity contribution is -0.384. The van der Waals surface area contributed by atoms with Crippen molar-refractivity contribution in [3.63, 3.8) is 0 Å². The van der Waals surface area contributed by atoms with Crippen molar-refractivity contribution in [2.45, 2.75) is 83.4 Å². The number of nitrogen functional groups attached to an aromatic ring is 1. The van der Waals surface area contributed by atoms with Crippen LogP contribution in [-0.4, -0.2) is 55.5 Å². The molecule has 66 heavy (non-hydrogen) atoms. The number of carbonyl (C=O) groups is 2. The number of hydrogen-bond donors (Lipinski definition) is 4. The Bertz CT molecular complexity index is 3110.